The summed E-state index contributed by atoms with van der Waals surface area (Å²) in [6, 6.07) is 17.8. The molecule has 1 aromatic carbocycles. The zero-order valence-electron chi connectivity index (χ0n) is 10.3. The van der Waals surface area contributed by atoms with Crippen LogP contribution in [0.3, 0.4) is 0 Å². The van der Waals surface area contributed by atoms with Crippen LogP contribution in [-0.2, 0) is 0 Å². The Morgan fingerprint density at radius 2 is 1.94 bits per heavy atom. The highest BCUT2D eigenvalue weighted by Crippen LogP contribution is 2.15. The molecule has 1 atom stereocenters. The van der Waals surface area contributed by atoms with Crippen molar-refractivity contribution in [3.8, 4) is 6.07 Å². The molecule has 90 valence electrons. The van der Waals surface area contributed by atoms with E-state index >= 15 is 0 Å². The Hall–Kier alpha value is -2.34. The molecule has 0 aliphatic rings. The predicted molar refractivity (Wildman–Crippen MR) is 72.3 cm³/mol. The van der Waals surface area contributed by atoms with Crippen LogP contribution >= 0.6 is 0 Å². The number of nitrogens with one attached hydrogen (secondary N) is 1. The molecule has 0 fully saturated rings. The highest BCUT2D eigenvalue weighted by atomic mass is 15.0. The lowest BCUT2D eigenvalue weighted by molar-refractivity contribution is 0.801. The van der Waals surface area contributed by atoms with Crippen molar-refractivity contribution in [1.82, 2.24) is 4.98 Å². The quantitative estimate of drug-likeness (QED) is 0.888. The Kier molecular flexibility index (Phi) is 3.93. The zero-order valence-corrected chi connectivity index (χ0v) is 10.3. The average Bonchev–Trinajstić information content (AvgIpc) is 2.46. The second kappa shape index (κ2) is 5.83. The number of hydrogen-bond acceptors (Lipinski definition) is 3. The third-order valence-corrected chi connectivity index (χ3v) is 2.82. The van der Waals surface area contributed by atoms with Gasteiger partial charge in [0.05, 0.1) is 0 Å². The molecule has 0 amide bonds. The molecule has 1 N–H and O–H groups in total. The molecule has 1 heterocycles. The van der Waals surface area contributed by atoms with Crippen LogP contribution in [0.25, 0.3) is 0 Å². The predicted octanol–water partition coefficient (Wildman–Crippen LogP) is 3.17. The van der Waals surface area contributed by atoms with E-state index in [1.165, 1.54) is 5.56 Å². The minimum atomic E-state index is 0.402. The SMILES string of the molecule is CC(CNc1cccc(C#N)n1)c1ccccc1. The van der Waals surface area contributed by atoms with E-state index in [1.54, 1.807) is 6.07 Å². The molecule has 3 heteroatoms. The van der Waals surface area contributed by atoms with Crippen LogP contribution in [0.1, 0.15) is 24.1 Å². The van der Waals surface area contributed by atoms with E-state index in [0.29, 0.717) is 11.6 Å². The third-order valence-electron chi connectivity index (χ3n) is 2.82. The molecule has 0 bridgehead atoms. The van der Waals surface area contributed by atoms with Gasteiger partial charge in [-0.1, -0.05) is 43.3 Å². The number of nitriles is 1. The molecule has 0 aliphatic carbocycles. The summed E-state index contributed by atoms with van der Waals surface area (Å²) in [4.78, 5) is 4.18. The smallest absolute Gasteiger partial charge is 0.142 e. The molecule has 0 spiro atoms. The van der Waals surface area contributed by atoms with Crippen molar-refractivity contribution in [3.05, 3.63) is 59.8 Å². The fourth-order valence-electron chi connectivity index (χ4n) is 1.75. The summed E-state index contributed by atoms with van der Waals surface area (Å²) in [6.45, 7) is 2.96. The molecule has 2 aromatic rings. The topological polar surface area (TPSA) is 48.7 Å². The van der Waals surface area contributed by atoms with Crippen molar-refractivity contribution >= 4 is 5.82 Å². The highest BCUT2D eigenvalue weighted by molar-refractivity contribution is 5.39. The normalized spacial score (nSPS) is 11.6. The molecular weight excluding hydrogens is 222 g/mol. The monoisotopic (exact) mass is 237 g/mol. The van der Waals surface area contributed by atoms with Crippen LogP contribution in [0.5, 0.6) is 0 Å². The van der Waals surface area contributed by atoms with Crippen LogP contribution in [0.15, 0.2) is 48.5 Å². The lowest BCUT2D eigenvalue weighted by atomic mass is 10.0. The van der Waals surface area contributed by atoms with E-state index in [9.17, 15) is 0 Å². The highest BCUT2D eigenvalue weighted by Gasteiger charge is 2.05. The molecule has 2 rings (SSSR count). The maximum Gasteiger partial charge on any atom is 0.142 e. The van der Waals surface area contributed by atoms with Crippen molar-refractivity contribution in [1.29, 1.82) is 5.26 Å². The van der Waals surface area contributed by atoms with Crippen LogP contribution < -0.4 is 5.32 Å². The maximum atomic E-state index is 8.78. The Bertz CT molecular complexity index is 543. The Morgan fingerprint density at radius 1 is 1.17 bits per heavy atom. The van der Waals surface area contributed by atoms with Gasteiger partial charge in [0.2, 0.25) is 0 Å². The number of anilines is 1. The average molecular weight is 237 g/mol. The molecular formula is C15H15N3. The van der Waals surface area contributed by atoms with Gasteiger partial charge >= 0.3 is 0 Å². The van der Waals surface area contributed by atoms with Gasteiger partial charge in [-0.25, -0.2) is 4.98 Å². The van der Waals surface area contributed by atoms with Crippen molar-refractivity contribution in [2.75, 3.05) is 11.9 Å². The first-order valence-corrected chi connectivity index (χ1v) is 5.95. The first-order valence-electron chi connectivity index (χ1n) is 5.95. The summed E-state index contributed by atoms with van der Waals surface area (Å²) >= 11 is 0. The molecule has 0 saturated heterocycles. The largest absolute Gasteiger partial charge is 0.369 e. The molecule has 0 radical (unpaired) electrons. The molecule has 18 heavy (non-hydrogen) atoms. The van der Waals surface area contributed by atoms with Gasteiger partial charge in [0, 0.05) is 6.54 Å². The maximum absolute atomic E-state index is 8.78. The Morgan fingerprint density at radius 3 is 2.67 bits per heavy atom. The summed E-state index contributed by atoms with van der Waals surface area (Å²) in [5.41, 5.74) is 1.73. The Labute approximate surface area is 107 Å². The van der Waals surface area contributed by atoms with Crippen LogP contribution in [-0.4, -0.2) is 11.5 Å². The number of aromatic nitrogens is 1. The minimum Gasteiger partial charge on any atom is -0.369 e. The molecule has 1 unspecified atom stereocenters. The zero-order chi connectivity index (χ0) is 12.8. The van der Waals surface area contributed by atoms with Gasteiger partial charge in [0.25, 0.3) is 0 Å². The molecule has 0 aliphatic heterocycles. The Balaban J connectivity index is 1.97. The van der Waals surface area contributed by atoms with Gasteiger partial charge in [-0.2, -0.15) is 5.26 Å². The van der Waals surface area contributed by atoms with Gasteiger partial charge in [0.1, 0.15) is 17.6 Å². The molecule has 3 nitrogen and oxygen atoms in total. The minimum absolute atomic E-state index is 0.402. The second-order valence-corrected chi connectivity index (χ2v) is 4.21. The van der Waals surface area contributed by atoms with Crippen LogP contribution in [0, 0.1) is 11.3 Å². The number of rotatable bonds is 4. The third kappa shape index (κ3) is 3.08. The summed E-state index contributed by atoms with van der Waals surface area (Å²) < 4.78 is 0. The van der Waals surface area contributed by atoms with Gasteiger partial charge in [-0.05, 0) is 23.6 Å². The fraction of sp³-hybridized carbons (Fsp3) is 0.200. The van der Waals surface area contributed by atoms with E-state index in [1.807, 2.05) is 36.4 Å². The number of hydrogen-bond donors (Lipinski definition) is 1. The second-order valence-electron chi connectivity index (χ2n) is 4.21. The first-order chi connectivity index (χ1) is 8.79. The summed E-state index contributed by atoms with van der Waals surface area (Å²) in [5.74, 6) is 1.15. The standard InChI is InChI=1S/C15H15N3/c1-12(13-6-3-2-4-7-13)11-17-15-9-5-8-14(10-16)18-15/h2-9,12H,11H2,1H3,(H,17,18). The van der Waals surface area contributed by atoms with Crippen LogP contribution in [0.2, 0.25) is 0 Å². The van der Waals surface area contributed by atoms with Crippen molar-refractivity contribution in [2.45, 2.75) is 12.8 Å². The summed E-state index contributed by atoms with van der Waals surface area (Å²) in [6.07, 6.45) is 0. The van der Waals surface area contributed by atoms with Gasteiger partial charge in [-0.15, -0.1) is 0 Å². The van der Waals surface area contributed by atoms with Crippen molar-refractivity contribution < 1.29 is 0 Å². The van der Waals surface area contributed by atoms with Crippen molar-refractivity contribution in [2.24, 2.45) is 0 Å². The van der Waals surface area contributed by atoms with Gasteiger partial charge < -0.3 is 5.32 Å². The molecule has 0 saturated carbocycles. The van der Waals surface area contributed by atoms with E-state index in [4.69, 9.17) is 5.26 Å². The number of nitrogens with zero attached hydrogens (tertiary/aromatic N) is 2. The summed E-state index contributed by atoms with van der Waals surface area (Å²) in [5, 5.41) is 12.0. The van der Waals surface area contributed by atoms with E-state index in [-0.39, 0.29) is 0 Å². The van der Waals surface area contributed by atoms with E-state index < -0.39 is 0 Å². The first kappa shape index (κ1) is 12.1. The van der Waals surface area contributed by atoms with E-state index in [2.05, 4.69) is 29.4 Å². The number of pyridine rings is 1. The van der Waals surface area contributed by atoms with E-state index in [0.717, 1.165) is 12.4 Å². The van der Waals surface area contributed by atoms with Gasteiger partial charge in [0.15, 0.2) is 0 Å². The molecule has 1 aromatic heterocycles. The lowest BCUT2D eigenvalue weighted by Crippen LogP contribution is -2.10. The summed E-state index contributed by atoms with van der Waals surface area (Å²) in [7, 11) is 0. The lowest BCUT2D eigenvalue weighted by Gasteiger charge is -2.13. The number of benzene rings is 1. The van der Waals surface area contributed by atoms with Gasteiger partial charge in [-0.3, -0.25) is 0 Å². The van der Waals surface area contributed by atoms with Crippen LogP contribution in [0.4, 0.5) is 5.82 Å². The fourth-order valence-corrected chi connectivity index (χ4v) is 1.75. The van der Waals surface area contributed by atoms with Crippen molar-refractivity contribution in [3.63, 3.8) is 0 Å².